The summed E-state index contributed by atoms with van der Waals surface area (Å²) in [6.07, 6.45) is 6.83. The fourth-order valence-corrected chi connectivity index (χ4v) is 2.90. The number of hydrogen-bond acceptors (Lipinski definition) is 2. The predicted octanol–water partition coefficient (Wildman–Crippen LogP) is 3.10. The third-order valence-electron chi connectivity index (χ3n) is 4.65. The number of carboxylic acid groups (broad SMARTS) is 1. The molecule has 1 atom stereocenters. The van der Waals surface area contributed by atoms with Gasteiger partial charge in [0.25, 0.3) is 0 Å². The monoisotopic (exact) mass is 298 g/mol. The third kappa shape index (κ3) is 6.36. The SMILES string of the molecule is CCC(C)N(CC(=O)O)C(=O)NCCC1CCC(C)CC1. The lowest BCUT2D eigenvalue weighted by Crippen LogP contribution is -2.47. The van der Waals surface area contributed by atoms with Gasteiger partial charge in [0.2, 0.25) is 0 Å². The molecule has 5 heteroatoms. The van der Waals surface area contributed by atoms with Crippen molar-refractivity contribution < 1.29 is 14.7 Å². The number of carbonyl (C=O) groups excluding carboxylic acids is 1. The first-order valence-corrected chi connectivity index (χ1v) is 8.20. The molecule has 2 amide bonds. The highest BCUT2D eigenvalue weighted by atomic mass is 16.4. The minimum atomic E-state index is -0.966. The summed E-state index contributed by atoms with van der Waals surface area (Å²) in [6, 6.07) is -0.312. The second-order valence-electron chi connectivity index (χ2n) is 6.43. The van der Waals surface area contributed by atoms with E-state index in [4.69, 9.17) is 5.11 Å². The number of nitrogens with one attached hydrogen (secondary N) is 1. The number of nitrogens with zero attached hydrogens (tertiary/aromatic N) is 1. The minimum absolute atomic E-state index is 0.0587. The van der Waals surface area contributed by atoms with Gasteiger partial charge in [0, 0.05) is 12.6 Å². The van der Waals surface area contributed by atoms with Crippen molar-refractivity contribution in [3.05, 3.63) is 0 Å². The van der Waals surface area contributed by atoms with Crippen molar-refractivity contribution in [1.82, 2.24) is 10.2 Å². The zero-order valence-electron chi connectivity index (χ0n) is 13.6. The topological polar surface area (TPSA) is 69.6 Å². The molecule has 5 nitrogen and oxygen atoms in total. The van der Waals surface area contributed by atoms with Crippen LogP contribution < -0.4 is 5.32 Å². The van der Waals surface area contributed by atoms with E-state index in [-0.39, 0.29) is 18.6 Å². The summed E-state index contributed by atoms with van der Waals surface area (Å²) in [7, 11) is 0. The molecule has 2 N–H and O–H groups in total. The summed E-state index contributed by atoms with van der Waals surface area (Å²) in [4.78, 5) is 24.4. The van der Waals surface area contributed by atoms with Crippen LogP contribution in [0.3, 0.4) is 0 Å². The molecule has 0 aliphatic heterocycles. The van der Waals surface area contributed by atoms with Crippen LogP contribution >= 0.6 is 0 Å². The van der Waals surface area contributed by atoms with Crippen molar-refractivity contribution >= 4 is 12.0 Å². The lowest BCUT2D eigenvalue weighted by atomic mass is 9.81. The molecule has 0 saturated heterocycles. The summed E-state index contributed by atoms with van der Waals surface area (Å²) in [5.74, 6) is 0.581. The summed E-state index contributed by atoms with van der Waals surface area (Å²) >= 11 is 0. The molecular formula is C16H30N2O3. The third-order valence-corrected chi connectivity index (χ3v) is 4.65. The maximum Gasteiger partial charge on any atom is 0.323 e. The Morgan fingerprint density at radius 3 is 2.43 bits per heavy atom. The molecule has 0 aromatic carbocycles. The molecule has 0 heterocycles. The van der Waals surface area contributed by atoms with Gasteiger partial charge in [-0.3, -0.25) is 4.79 Å². The first kappa shape index (κ1) is 17.8. The van der Waals surface area contributed by atoms with Crippen LogP contribution in [0, 0.1) is 11.8 Å². The second-order valence-corrected chi connectivity index (χ2v) is 6.43. The van der Waals surface area contributed by atoms with Crippen molar-refractivity contribution in [2.75, 3.05) is 13.1 Å². The summed E-state index contributed by atoms with van der Waals surface area (Å²) in [5, 5.41) is 11.8. The summed E-state index contributed by atoms with van der Waals surface area (Å²) in [5.41, 5.74) is 0. The summed E-state index contributed by atoms with van der Waals surface area (Å²) in [6.45, 7) is 6.54. The summed E-state index contributed by atoms with van der Waals surface area (Å²) < 4.78 is 0. The predicted molar refractivity (Wildman–Crippen MR) is 83.2 cm³/mol. The van der Waals surface area contributed by atoms with Crippen LogP contribution in [0.15, 0.2) is 0 Å². The Balaban J connectivity index is 2.34. The van der Waals surface area contributed by atoms with Gasteiger partial charge in [-0.25, -0.2) is 4.79 Å². The van der Waals surface area contributed by atoms with Crippen LogP contribution in [0.1, 0.15) is 59.3 Å². The van der Waals surface area contributed by atoms with Gasteiger partial charge in [0.1, 0.15) is 6.54 Å². The quantitative estimate of drug-likeness (QED) is 0.759. The molecule has 1 aliphatic rings. The van der Waals surface area contributed by atoms with E-state index in [1.807, 2.05) is 13.8 Å². The highest BCUT2D eigenvalue weighted by Crippen LogP contribution is 2.29. The number of amides is 2. The highest BCUT2D eigenvalue weighted by Gasteiger charge is 2.22. The number of rotatable bonds is 7. The Kier molecular flexibility index (Phi) is 7.54. The van der Waals surface area contributed by atoms with Gasteiger partial charge >= 0.3 is 12.0 Å². The van der Waals surface area contributed by atoms with Gasteiger partial charge in [-0.15, -0.1) is 0 Å². The van der Waals surface area contributed by atoms with E-state index < -0.39 is 5.97 Å². The molecule has 122 valence electrons. The van der Waals surface area contributed by atoms with Crippen LogP contribution in [-0.2, 0) is 4.79 Å². The fourth-order valence-electron chi connectivity index (χ4n) is 2.90. The molecule has 0 radical (unpaired) electrons. The van der Waals surface area contributed by atoms with Crippen molar-refractivity contribution in [1.29, 1.82) is 0 Å². The van der Waals surface area contributed by atoms with E-state index in [0.717, 1.165) is 18.8 Å². The molecule has 21 heavy (non-hydrogen) atoms. The maximum absolute atomic E-state index is 12.1. The van der Waals surface area contributed by atoms with E-state index in [2.05, 4.69) is 12.2 Å². The Morgan fingerprint density at radius 2 is 1.90 bits per heavy atom. The Morgan fingerprint density at radius 1 is 1.29 bits per heavy atom. The van der Waals surface area contributed by atoms with Crippen molar-refractivity contribution in [3.8, 4) is 0 Å². The van der Waals surface area contributed by atoms with Crippen molar-refractivity contribution in [2.45, 2.75) is 65.3 Å². The van der Waals surface area contributed by atoms with Crippen LogP contribution in [0.4, 0.5) is 4.79 Å². The molecule has 1 fully saturated rings. The van der Waals surface area contributed by atoms with Crippen LogP contribution in [0.25, 0.3) is 0 Å². The van der Waals surface area contributed by atoms with Gasteiger partial charge in [-0.1, -0.05) is 39.5 Å². The van der Waals surface area contributed by atoms with E-state index in [9.17, 15) is 9.59 Å². The fraction of sp³-hybridized carbons (Fsp3) is 0.875. The molecule has 0 aromatic rings. The number of urea groups is 1. The van der Waals surface area contributed by atoms with Crippen LogP contribution in [0.5, 0.6) is 0 Å². The average molecular weight is 298 g/mol. The molecule has 0 aromatic heterocycles. The maximum atomic E-state index is 12.1. The molecular weight excluding hydrogens is 268 g/mol. The number of hydrogen-bond donors (Lipinski definition) is 2. The van der Waals surface area contributed by atoms with Crippen molar-refractivity contribution in [3.63, 3.8) is 0 Å². The van der Waals surface area contributed by atoms with Gasteiger partial charge in [-0.2, -0.15) is 0 Å². The number of carboxylic acids is 1. The van der Waals surface area contributed by atoms with Gasteiger partial charge in [0.15, 0.2) is 0 Å². The largest absolute Gasteiger partial charge is 0.480 e. The zero-order chi connectivity index (χ0) is 15.8. The van der Waals surface area contributed by atoms with Crippen LogP contribution in [-0.4, -0.2) is 41.1 Å². The molecule has 1 rings (SSSR count). The molecule has 0 bridgehead atoms. The lowest BCUT2D eigenvalue weighted by Gasteiger charge is -2.28. The molecule has 0 spiro atoms. The van der Waals surface area contributed by atoms with E-state index >= 15 is 0 Å². The first-order chi connectivity index (χ1) is 9.93. The lowest BCUT2D eigenvalue weighted by molar-refractivity contribution is -0.138. The van der Waals surface area contributed by atoms with E-state index in [0.29, 0.717) is 12.5 Å². The highest BCUT2D eigenvalue weighted by molar-refractivity contribution is 5.80. The average Bonchev–Trinajstić information content (AvgIpc) is 2.45. The van der Waals surface area contributed by atoms with Gasteiger partial charge in [-0.05, 0) is 31.6 Å². The smallest absolute Gasteiger partial charge is 0.323 e. The molecule has 1 unspecified atom stereocenters. The number of carbonyl (C=O) groups is 2. The number of aliphatic carboxylic acids is 1. The second kappa shape index (κ2) is 8.90. The Bertz CT molecular complexity index is 338. The Labute approximate surface area is 128 Å². The standard InChI is InChI=1S/C16H30N2O3/c1-4-13(3)18(11-15(19)20)16(21)17-10-9-14-7-5-12(2)6-8-14/h12-14H,4-11H2,1-3H3,(H,17,21)(H,19,20). The normalized spacial score (nSPS) is 23.4. The van der Waals surface area contributed by atoms with Crippen molar-refractivity contribution in [2.24, 2.45) is 11.8 Å². The zero-order valence-corrected chi connectivity index (χ0v) is 13.6. The minimum Gasteiger partial charge on any atom is -0.480 e. The molecule has 1 saturated carbocycles. The van der Waals surface area contributed by atoms with Gasteiger partial charge in [0.05, 0.1) is 0 Å². The first-order valence-electron chi connectivity index (χ1n) is 8.20. The van der Waals surface area contributed by atoms with E-state index in [1.165, 1.54) is 30.6 Å². The van der Waals surface area contributed by atoms with Gasteiger partial charge < -0.3 is 15.3 Å². The molecule has 1 aliphatic carbocycles. The van der Waals surface area contributed by atoms with E-state index in [1.54, 1.807) is 0 Å². The Hall–Kier alpha value is -1.26. The van der Waals surface area contributed by atoms with Crippen LogP contribution in [0.2, 0.25) is 0 Å².